The summed E-state index contributed by atoms with van der Waals surface area (Å²) in [5.41, 5.74) is -0.863. The van der Waals surface area contributed by atoms with Gasteiger partial charge in [0, 0.05) is 45.5 Å². The van der Waals surface area contributed by atoms with E-state index in [4.69, 9.17) is 16.3 Å². The van der Waals surface area contributed by atoms with Crippen LogP contribution in [0.1, 0.15) is 26.3 Å². The van der Waals surface area contributed by atoms with Gasteiger partial charge in [-0.25, -0.2) is 4.98 Å². The maximum Gasteiger partial charge on any atom is 0.417 e. The second-order valence-electron chi connectivity index (χ2n) is 7.73. The number of morpholine rings is 1. The summed E-state index contributed by atoms with van der Waals surface area (Å²) in [5.74, 6) is 0.417. The Labute approximate surface area is 173 Å². The van der Waals surface area contributed by atoms with Gasteiger partial charge in [0.2, 0.25) is 5.91 Å². The molecule has 29 heavy (non-hydrogen) atoms. The maximum absolute atomic E-state index is 12.9. The maximum atomic E-state index is 12.9. The van der Waals surface area contributed by atoms with Gasteiger partial charge >= 0.3 is 6.18 Å². The van der Waals surface area contributed by atoms with E-state index in [1.165, 1.54) is 0 Å². The number of halogens is 4. The average Bonchev–Trinajstić information content (AvgIpc) is 2.65. The lowest BCUT2D eigenvalue weighted by atomic mass is 10.1. The number of anilines is 1. The number of carbonyl (C=O) groups is 1. The Bertz CT molecular complexity index is 731. The largest absolute Gasteiger partial charge is 0.417 e. The van der Waals surface area contributed by atoms with Crippen LogP contribution in [-0.4, -0.2) is 78.2 Å². The van der Waals surface area contributed by atoms with E-state index in [0.717, 1.165) is 12.3 Å². The molecule has 162 valence electrons. The Morgan fingerprint density at radius 1 is 1.21 bits per heavy atom. The molecule has 2 fully saturated rings. The summed E-state index contributed by atoms with van der Waals surface area (Å²) in [4.78, 5) is 22.6. The Morgan fingerprint density at radius 2 is 1.79 bits per heavy atom. The van der Waals surface area contributed by atoms with Crippen molar-refractivity contribution in [2.45, 2.75) is 45.2 Å². The van der Waals surface area contributed by atoms with Crippen molar-refractivity contribution in [2.75, 3.05) is 44.2 Å². The van der Waals surface area contributed by atoms with Crippen LogP contribution in [0.5, 0.6) is 0 Å². The Morgan fingerprint density at radius 3 is 2.31 bits per heavy atom. The molecule has 1 aromatic rings. The Balaban J connectivity index is 1.59. The topological polar surface area (TPSA) is 48.9 Å². The molecule has 6 nitrogen and oxygen atoms in total. The van der Waals surface area contributed by atoms with E-state index in [9.17, 15) is 18.0 Å². The molecule has 0 spiro atoms. The first kappa shape index (κ1) is 22.1. The van der Waals surface area contributed by atoms with Crippen molar-refractivity contribution in [3.05, 3.63) is 22.8 Å². The number of hydrogen-bond donors (Lipinski definition) is 0. The lowest BCUT2D eigenvalue weighted by Gasteiger charge is -2.41. The highest BCUT2D eigenvalue weighted by Crippen LogP contribution is 2.33. The minimum atomic E-state index is -4.47. The molecule has 3 atom stereocenters. The molecule has 0 bridgehead atoms. The van der Waals surface area contributed by atoms with Gasteiger partial charge < -0.3 is 14.5 Å². The Hall–Kier alpha value is -1.58. The summed E-state index contributed by atoms with van der Waals surface area (Å²) in [6, 6.07) is 0.633. The predicted octanol–water partition coefficient (Wildman–Crippen LogP) is 2.90. The van der Waals surface area contributed by atoms with Crippen LogP contribution in [0, 0.1) is 0 Å². The second-order valence-corrected chi connectivity index (χ2v) is 8.13. The van der Waals surface area contributed by atoms with Crippen LogP contribution in [0.2, 0.25) is 5.02 Å². The SMILES string of the molecule is C[C@@H]1CN(C(=O)[C@@H](C)N2CCN(c3ncc(C(F)(F)F)cc3Cl)CC2)C[C@@H](C)O1. The summed E-state index contributed by atoms with van der Waals surface area (Å²) in [6.07, 6.45) is -3.64. The number of aromatic nitrogens is 1. The summed E-state index contributed by atoms with van der Waals surface area (Å²) in [7, 11) is 0. The van der Waals surface area contributed by atoms with Crippen molar-refractivity contribution >= 4 is 23.3 Å². The zero-order valence-corrected chi connectivity index (χ0v) is 17.5. The van der Waals surface area contributed by atoms with E-state index in [1.807, 2.05) is 30.6 Å². The molecule has 2 aliphatic rings. The smallest absolute Gasteiger partial charge is 0.372 e. The van der Waals surface area contributed by atoms with Gasteiger partial charge in [0.05, 0.1) is 28.8 Å². The number of piperazine rings is 1. The van der Waals surface area contributed by atoms with Gasteiger partial charge in [-0.05, 0) is 26.8 Å². The van der Waals surface area contributed by atoms with Gasteiger partial charge in [-0.2, -0.15) is 13.2 Å². The molecule has 0 unspecified atom stereocenters. The lowest BCUT2D eigenvalue weighted by molar-refractivity contribution is -0.148. The van der Waals surface area contributed by atoms with E-state index in [-0.39, 0.29) is 29.2 Å². The van der Waals surface area contributed by atoms with Crippen LogP contribution in [0.3, 0.4) is 0 Å². The van der Waals surface area contributed by atoms with Crippen LogP contribution in [0.15, 0.2) is 12.3 Å². The molecule has 0 aliphatic carbocycles. The van der Waals surface area contributed by atoms with Crippen LogP contribution in [0.4, 0.5) is 19.0 Å². The van der Waals surface area contributed by atoms with Crippen LogP contribution >= 0.6 is 11.6 Å². The van der Waals surface area contributed by atoms with Crippen LogP contribution in [-0.2, 0) is 15.7 Å². The number of pyridine rings is 1. The number of ether oxygens (including phenoxy) is 1. The molecule has 1 amide bonds. The van der Waals surface area contributed by atoms with E-state index in [2.05, 4.69) is 9.88 Å². The van der Waals surface area contributed by atoms with Gasteiger partial charge in [-0.3, -0.25) is 9.69 Å². The molecular weight excluding hydrogens is 409 g/mol. The standard InChI is InChI=1S/C19H26ClF3N4O2/c1-12-10-27(11-13(2)29-12)18(28)14(3)25-4-6-26(7-5-25)17-16(20)8-15(9-24-17)19(21,22)23/h8-9,12-14H,4-7,10-11H2,1-3H3/t12-,13-,14-/m1/s1. The first-order valence-electron chi connectivity index (χ1n) is 9.72. The zero-order chi connectivity index (χ0) is 21.3. The van der Waals surface area contributed by atoms with Gasteiger partial charge in [0.1, 0.15) is 5.82 Å². The number of carbonyl (C=O) groups excluding carboxylic acids is 1. The average molecular weight is 435 g/mol. The highest BCUT2D eigenvalue weighted by molar-refractivity contribution is 6.33. The first-order chi connectivity index (χ1) is 13.6. The summed E-state index contributed by atoms with van der Waals surface area (Å²) >= 11 is 6.06. The van der Waals surface area contributed by atoms with E-state index in [1.54, 1.807) is 0 Å². The van der Waals surface area contributed by atoms with Crippen LogP contribution in [0.25, 0.3) is 0 Å². The van der Waals surface area contributed by atoms with Gasteiger partial charge in [-0.15, -0.1) is 0 Å². The molecule has 0 aromatic carbocycles. The fraction of sp³-hybridized carbons (Fsp3) is 0.684. The lowest BCUT2D eigenvalue weighted by Crippen LogP contribution is -2.57. The molecule has 3 heterocycles. The summed E-state index contributed by atoms with van der Waals surface area (Å²) < 4.78 is 44.1. The molecule has 2 aliphatic heterocycles. The highest BCUT2D eigenvalue weighted by Gasteiger charge is 2.34. The fourth-order valence-electron chi connectivity index (χ4n) is 3.92. The van der Waals surface area contributed by atoms with Crippen molar-refractivity contribution in [2.24, 2.45) is 0 Å². The predicted molar refractivity (Wildman–Crippen MR) is 104 cm³/mol. The monoisotopic (exact) mass is 434 g/mol. The third-order valence-corrected chi connectivity index (χ3v) is 5.68. The van der Waals surface area contributed by atoms with E-state index in [0.29, 0.717) is 45.1 Å². The second kappa shape index (κ2) is 8.65. The number of hydrogen-bond acceptors (Lipinski definition) is 5. The van der Waals surface area contributed by atoms with Gasteiger partial charge in [0.25, 0.3) is 0 Å². The van der Waals surface area contributed by atoms with Gasteiger partial charge in [-0.1, -0.05) is 11.6 Å². The molecular formula is C19H26ClF3N4O2. The number of nitrogens with zero attached hydrogens (tertiary/aromatic N) is 4. The first-order valence-corrected chi connectivity index (χ1v) is 10.1. The third kappa shape index (κ3) is 5.13. The molecule has 1 aromatic heterocycles. The number of rotatable bonds is 3. The zero-order valence-electron chi connectivity index (χ0n) is 16.7. The van der Waals surface area contributed by atoms with Crippen LogP contribution < -0.4 is 4.90 Å². The quantitative estimate of drug-likeness (QED) is 0.732. The van der Waals surface area contributed by atoms with E-state index >= 15 is 0 Å². The van der Waals surface area contributed by atoms with Crippen molar-refractivity contribution in [3.63, 3.8) is 0 Å². The van der Waals surface area contributed by atoms with Crippen molar-refractivity contribution in [1.82, 2.24) is 14.8 Å². The normalized spacial score (nSPS) is 25.2. The van der Waals surface area contributed by atoms with Crippen molar-refractivity contribution < 1.29 is 22.7 Å². The number of alkyl halides is 3. The molecule has 0 saturated carbocycles. The molecule has 0 radical (unpaired) electrons. The summed E-state index contributed by atoms with van der Waals surface area (Å²) in [5, 5.41) is -0.0197. The summed E-state index contributed by atoms with van der Waals surface area (Å²) in [6.45, 7) is 9.24. The Kier molecular flexibility index (Phi) is 6.60. The van der Waals surface area contributed by atoms with Gasteiger partial charge in [0.15, 0.2) is 0 Å². The van der Waals surface area contributed by atoms with Crippen molar-refractivity contribution in [1.29, 1.82) is 0 Å². The van der Waals surface area contributed by atoms with Crippen molar-refractivity contribution in [3.8, 4) is 0 Å². The third-order valence-electron chi connectivity index (χ3n) is 5.40. The van der Waals surface area contributed by atoms with E-state index < -0.39 is 11.7 Å². The minimum Gasteiger partial charge on any atom is -0.372 e. The highest BCUT2D eigenvalue weighted by atomic mass is 35.5. The number of amides is 1. The fourth-order valence-corrected chi connectivity index (χ4v) is 4.20. The molecule has 0 N–H and O–H groups in total. The molecule has 2 saturated heterocycles. The molecule has 10 heteroatoms. The molecule has 3 rings (SSSR count). The minimum absolute atomic E-state index is 0.0135.